The molecular formula is C11H22N2O3S. The Kier molecular flexibility index (Phi) is 4.94. The van der Waals surface area contributed by atoms with E-state index in [0.29, 0.717) is 0 Å². The smallest absolute Gasteiger partial charge is 0.235 e. The highest BCUT2D eigenvalue weighted by atomic mass is 32.2. The van der Waals surface area contributed by atoms with Gasteiger partial charge in [0.05, 0.1) is 11.8 Å². The minimum Gasteiger partial charge on any atom is -0.352 e. The van der Waals surface area contributed by atoms with Crippen LogP contribution in [0.5, 0.6) is 0 Å². The summed E-state index contributed by atoms with van der Waals surface area (Å²) in [7, 11) is -1.89. The first kappa shape index (κ1) is 14.4. The lowest BCUT2D eigenvalue weighted by Crippen LogP contribution is -2.43. The number of sulfonamides is 1. The molecule has 1 amide bonds. The van der Waals surface area contributed by atoms with Crippen molar-refractivity contribution in [2.75, 3.05) is 13.6 Å². The van der Waals surface area contributed by atoms with E-state index in [1.54, 1.807) is 13.8 Å². The fraction of sp³-hybridized carbons (Fsp3) is 0.909. The number of carbonyl (C=O) groups is 1. The van der Waals surface area contributed by atoms with Crippen molar-refractivity contribution in [1.29, 1.82) is 0 Å². The van der Waals surface area contributed by atoms with Gasteiger partial charge in [-0.05, 0) is 26.7 Å². The Hall–Kier alpha value is -0.620. The van der Waals surface area contributed by atoms with E-state index in [4.69, 9.17) is 0 Å². The Morgan fingerprint density at radius 2 is 1.88 bits per heavy atom. The van der Waals surface area contributed by atoms with Crippen molar-refractivity contribution in [3.63, 3.8) is 0 Å². The average molecular weight is 262 g/mol. The zero-order valence-electron chi connectivity index (χ0n) is 10.8. The number of carbonyl (C=O) groups excluding carboxylic acids is 1. The Morgan fingerprint density at radius 3 is 2.35 bits per heavy atom. The molecule has 0 saturated heterocycles. The van der Waals surface area contributed by atoms with Gasteiger partial charge in [-0.1, -0.05) is 12.8 Å². The third-order valence-electron chi connectivity index (χ3n) is 3.12. The molecule has 0 unspecified atom stereocenters. The van der Waals surface area contributed by atoms with Gasteiger partial charge in [0, 0.05) is 13.1 Å². The van der Waals surface area contributed by atoms with Gasteiger partial charge in [-0.25, -0.2) is 8.42 Å². The van der Waals surface area contributed by atoms with E-state index in [0.717, 1.165) is 30.0 Å². The van der Waals surface area contributed by atoms with Crippen LogP contribution in [0, 0.1) is 0 Å². The van der Waals surface area contributed by atoms with Gasteiger partial charge < -0.3 is 5.32 Å². The van der Waals surface area contributed by atoms with Crippen LogP contribution in [0.3, 0.4) is 0 Å². The first-order valence-electron chi connectivity index (χ1n) is 6.08. The maximum atomic E-state index is 11.7. The Balaban J connectivity index is 2.45. The van der Waals surface area contributed by atoms with E-state index < -0.39 is 15.3 Å². The summed E-state index contributed by atoms with van der Waals surface area (Å²) >= 11 is 0. The molecule has 5 nitrogen and oxygen atoms in total. The van der Waals surface area contributed by atoms with E-state index in [1.807, 2.05) is 0 Å². The molecule has 1 rings (SSSR count). The SMILES string of the molecule is CC(C)S(=O)(=O)N(C)CC(=O)NC1CCCC1. The summed E-state index contributed by atoms with van der Waals surface area (Å²) in [6.45, 7) is 3.14. The fourth-order valence-corrected chi connectivity index (χ4v) is 3.01. The van der Waals surface area contributed by atoms with Crippen LogP contribution in [0.2, 0.25) is 0 Å². The van der Waals surface area contributed by atoms with Crippen molar-refractivity contribution in [3.8, 4) is 0 Å². The monoisotopic (exact) mass is 262 g/mol. The Labute approximate surface area is 104 Å². The molecule has 0 heterocycles. The average Bonchev–Trinajstić information content (AvgIpc) is 2.69. The summed E-state index contributed by atoms with van der Waals surface area (Å²) in [6.07, 6.45) is 4.30. The van der Waals surface area contributed by atoms with Crippen LogP contribution < -0.4 is 5.32 Å². The molecule has 0 atom stereocenters. The predicted octanol–water partition coefficient (Wildman–Crippen LogP) is 0.715. The molecule has 0 bridgehead atoms. The highest BCUT2D eigenvalue weighted by molar-refractivity contribution is 7.89. The lowest BCUT2D eigenvalue weighted by Gasteiger charge is -2.20. The molecule has 0 aromatic rings. The van der Waals surface area contributed by atoms with Crippen LogP contribution >= 0.6 is 0 Å². The molecule has 1 aliphatic carbocycles. The Bertz CT molecular complexity index is 359. The van der Waals surface area contributed by atoms with Gasteiger partial charge in [0.15, 0.2) is 0 Å². The van der Waals surface area contributed by atoms with Crippen molar-refractivity contribution in [1.82, 2.24) is 9.62 Å². The summed E-state index contributed by atoms with van der Waals surface area (Å²) in [5.74, 6) is -0.205. The molecule has 1 aliphatic rings. The summed E-state index contributed by atoms with van der Waals surface area (Å²) < 4.78 is 24.6. The summed E-state index contributed by atoms with van der Waals surface area (Å²) in [5.41, 5.74) is 0. The second-order valence-electron chi connectivity index (χ2n) is 4.90. The van der Waals surface area contributed by atoms with Gasteiger partial charge in [-0.2, -0.15) is 4.31 Å². The molecule has 1 saturated carbocycles. The molecule has 0 radical (unpaired) electrons. The lowest BCUT2D eigenvalue weighted by molar-refractivity contribution is -0.121. The topological polar surface area (TPSA) is 66.5 Å². The van der Waals surface area contributed by atoms with E-state index in [2.05, 4.69) is 5.32 Å². The van der Waals surface area contributed by atoms with Gasteiger partial charge in [0.2, 0.25) is 15.9 Å². The van der Waals surface area contributed by atoms with Crippen molar-refractivity contribution in [3.05, 3.63) is 0 Å². The van der Waals surface area contributed by atoms with Gasteiger partial charge in [0.1, 0.15) is 0 Å². The van der Waals surface area contributed by atoms with Crippen LogP contribution in [0.4, 0.5) is 0 Å². The van der Waals surface area contributed by atoms with E-state index in [-0.39, 0.29) is 18.5 Å². The molecule has 0 aromatic carbocycles. The van der Waals surface area contributed by atoms with Crippen LogP contribution in [0.15, 0.2) is 0 Å². The van der Waals surface area contributed by atoms with Gasteiger partial charge in [-0.3, -0.25) is 4.79 Å². The largest absolute Gasteiger partial charge is 0.352 e. The van der Waals surface area contributed by atoms with Gasteiger partial charge in [0.25, 0.3) is 0 Å². The zero-order chi connectivity index (χ0) is 13.1. The molecule has 1 N–H and O–H groups in total. The third kappa shape index (κ3) is 3.96. The fourth-order valence-electron chi connectivity index (χ4n) is 2.00. The van der Waals surface area contributed by atoms with Crippen LogP contribution in [0.25, 0.3) is 0 Å². The number of likely N-dealkylation sites (N-methyl/N-ethyl adjacent to an activating group) is 1. The molecule has 0 aromatic heterocycles. The number of nitrogens with zero attached hydrogens (tertiary/aromatic N) is 1. The summed E-state index contributed by atoms with van der Waals surface area (Å²) in [6, 6.07) is 0.234. The number of nitrogens with one attached hydrogen (secondary N) is 1. The Morgan fingerprint density at radius 1 is 1.35 bits per heavy atom. The van der Waals surface area contributed by atoms with Crippen molar-refractivity contribution in [2.24, 2.45) is 0 Å². The third-order valence-corrected chi connectivity index (χ3v) is 5.31. The number of hydrogen-bond donors (Lipinski definition) is 1. The number of amides is 1. The zero-order valence-corrected chi connectivity index (χ0v) is 11.6. The number of rotatable bonds is 5. The predicted molar refractivity (Wildman–Crippen MR) is 67.1 cm³/mol. The molecular weight excluding hydrogens is 240 g/mol. The van der Waals surface area contributed by atoms with E-state index >= 15 is 0 Å². The minimum atomic E-state index is -3.33. The standard InChI is InChI=1S/C11H22N2O3S/c1-9(2)17(15,16)13(3)8-11(14)12-10-6-4-5-7-10/h9-10H,4-8H2,1-3H3,(H,12,14). The molecule has 6 heteroatoms. The van der Waals surface area contributed by atoms with Crippen molar-refractivity contribution < 1.29 is 13.2 Å². The highest BCUT2D eigenvalue weighted by Crippen LogP contribution is 2.17. The molecule has 100 valence electrons. The summed E-state index contributed by atoms with van der Waals surface area (Å²) in [5, 5.41) is 2.38. The number of hydrogen-bond acceptors (Lipinski definition) is 3. The molecule has 17 heavy (non-hydrogen) atoms. The van der Waals surface area contributed by atoms with E-state index in [9.17, 15) is 13.2 Å². The normalized spacial score (nSPS) is 17.9. The molecule has 0 spiro atoms. The molecule has 0 aliphatic heterocycles. The van der Waals surface area contributed by atoms with Crippen molar-refractivity contribution in [2.45, 2.75) is 50.8 Å². The quantitative estimate of drug-likeness (QED) is 0.793. The summed E-state index contributed by atoms with van der Waals surface area (Å²) in [4.78, 5) is 11.7. The van der Waals surface area contributed by atoms with E-state index in [1.165, 1.54) is 7.05 Å². The second-order valence-corrected chi connectivity index (χ2v) is 7.49. The maximum Gasteiger partial charge on any atom is 0.235 e. The maximum absolute atomic E-state index is 11.7. The second kappa shape index (κ2) is 5.82. The van der Waals surface area contributed by atoms with Crippen molar-refractivity contribution >= 4 is 15.9 Å². The first-order chi connectivity index (χ1) is 7.84. The molecule has 1 fully saturated rings. The van der Waals surface area contributed by atoms with Gasteiger partial charge >= 0.3 is 0 Å². The lowest BCUT2D eigenvalue weighted by atomic mass is 10.2. The minimum absolute atomic E-state index is 0.0863. The van der Waals surface area contributed by atoms with Gasteiger partial charge in [-0.15, -0.1) is 0 Å². The van der Waals surface area contributed by atoms with Crippen LogP contribution in [-0.4, -0.2) is 43.5 Å². The first-order valence-corrected chi connectivity index (χ1v) is 7.59. The van der Waals surface area contributed by atoms with Crippen LogP contribution in [0.1, 0.15) is 39.5 Å². The highest BCUT2D eigenvalue weighted by Gasteiger charge is 2.25. The van der Waals surface area contributed by atoms with Crippen LogP contribution in [-0.2, 0) is 14.8 Å².